The Morgan fingerprint density at radius 3 is 2.19 bits per heavy atom. The van der Waals surface area contributed by atoms with Crippen LogP contribution in [0.5, 0.6) is 5.75 Å². The quantitative estimate of drug-likeness (QED) is 0.789. The molecule has 0 atom stereocenters. The lowest BCUT2D eigenvalue weighted by molar-refractivity contribution is 0.0938. The number of hydrogen-bond donors (Lipinski definition) is 1. The molecule has 0 amide bonds. The zero-order chi connectivity index (χ0) is 12.5. The van der Waals surface area contributed by atoms with Crippen molar-refractivity contribution in [2.45, 2.75) is 40.5 Å². The number of phenols is 1. The largest absolute Gasteiger partial charge is 0.508 e. The van der Waals surface area contributed by atoms with E-state index < -0.39 is 0 Å². The van der Waals surface area contributed by atoms with Gasteiger partial charge in [-0.2, -0.15) is 0 Å². The van der Waals surface area contributed by atoms with Crippen molar-refractivity contribution in [1.82, 2.24) is 0 Å². The first-order valence-electron chi connectivity index (χ1n) is 5.72. The van der Waals surface area contributed by atoms with Crippen molar-refractivity contribution in [1.29, 1.82) is 0 Å². The molecule has 0 radical (unpaired) electrons. The SMILES string of the molecule is Cc1cc(O)c(C(C)C)cc1C(=O)C(C)C. The summed E-state index contributed by atoms with van der Waals surface area (Å²) in [6, 6.07) is 3.52. The molecule has 1 rings (SSSR count). The number of benzene rings is 1. The number of phenolic OH excluding ortho intramolecular Hbond substituents is 1. The third-order valence-electron chi connectivity index (χ3n) is 2.79. The Balaban J connectivity index is 3.30. The van der Waals surface area contributed by atoms with Crippen molar-refractivity contribution in [3.05, 3.63) is 28.8 Å². The topological polar surface area (TPSA) is 37.3 Å². The highest BCUT2D eigenvalue weighted by Crippen LogP contribution is 2.29. The molecule has 2 nitrogen and oxygen atoms in total. The summed E-state index contributed by atoms with van der Waals surface area (Å²) in [5.41, 5.74) is 2.42. The summed E-state index contributed by atoms with van der Waals surface area (Å²) < 4.78 is 0. The van der Waals surface area contributed by atoms with Crippen LogP contribution in [0, 0.1) is 12.8 Å². The molecule has 1 aromatic carbocycles. The van der Waals surface area contributed by atoms with E-state index in [1.807, 2.05) is 40.7 Å². The number of hydrogen-bond acceptors (Lipinski definition) is 2. The summed E-state index contributed by atoms with van der Waals surface area (Å²) in [6.07, 6.45) is 0. The predicted molar refractivity (Wildman–Crippen MR) is 66.1 cm³/mol. The lowest BCUT2D eigenvalue weighted by atomic mass is 9.91. The van der Waals surface area contributed by atoms with Crippen LogP contribution in [0.1, 0.15) is 55.1 Å². The minimum absolute atomic E-state index is 0.0109. The highest BCUT2D eigenvalue weighted by atomic mass is 16.3. The molecule has 0 aliphatic carbocycles. The fraction of sp³-hybridized carbons (Fsp3) is 0.500. The second kappa shape index (κ2) is 4.69. The predicted octanol–water partition coefficient (Wildman–Crippen LogP) is 3.66. The third kappa shape index (κ3) is 2.43. The van der Waals surface area contributed by atoms with Crippen LogP contribution in [0.2, 0.25) is 0 Å². The van der Waals surface area contributed by atoms with Gasteiger partial charge in [-0.25, -0.2) is 0 Å². The summed E-state index contributed by atoms with van der Waals surface area (Å²) >= 11 is 0. The van der Waals surface area contributed by atoms with E-state index in [0.29, 0.717) is 0 Å². The minimum atomic E-state index is -0.0109. The van der Waals surface area contributed by atoms with E-state index in [-0.39, 0.29) is 23.4 Å². The van der Waals surface area contributed by atoms with Crippen molar-refractivity contribution < 1.29 is 9.90 Å². The van der Waals surface area contributed by atoms with Crippen molar-refractivity contribution in [3.8, 4) is 5.75 Å². The van der Waals surface area contributed by atoms with Crippen LogP contribution in [0.15, 0.2) is 12.1 Å². The van der Waals surface area contributed by atoms with Gasteiger partial charge in [0.25, 0.3) is 0 Å². The number of rotatable bonds is 3. The standard InChI is InChI=1S/C14H20O2/c1-8(2)11-7-12(14(16)9(3)4)10(5)6-13(11)15/h6-9,15H,1-5H3. The van der Waals surface area contributed by atoms with Gasteiger partial charge in [-0.05, 0) is 36.1 Å². The Labute approximate surface area is 97.3 Å². The highest BCUT2D eigenvalue weighted by Gasteiger charge is 2.16. The van der Waals surface area contributed by atoms with Crippen LogP contribution in [-0.2, 0) is 0 Å². The van der Waals surface area contributed by atoms with Crippen molar-refractivity contribution in [2.24, 2.45) is 5.92 Å². The van der Waals surface area contributed by atoms with Gasteiger partial charge in [0.2, 0.25) is 0 Å². The van der Waals surface area contributed by atoms with E-state index in [2.05, 4.69) is 0 Å². The molecule has 88 valence electrons. The van der Waals surface area contributed by atoms with Gasteiger partial charge >= 0.3 is 0 Å². The molecule has 0 bridgehead atoms. The first-order valence-corrected chi connectivity index (χ1v) is 5.72. The molecule has 0 saturated heterocycles. The molecule has 1 N–H and O–H groups in total. The molecule has 0 aromatic heterocycles. The summed E-state index contributed by atoms with van der Waals surface area (Å²) in [7, 11) is 0. The zero-order valence-electron chi connectivity index (χ0n) is 10.7. The second-order valence-electron chi connectivity index (χ2n) is 4.90. The minimum Gasteiger partial charge on any atom is -0.508 e. The fourth-order valence-electron chi connectivity index (χ4n) is 1.75. The Morgan fingerprint density at radius 1 is 1.19 bits per heavy atom. The maximum Gasteiger partial charge on any atom is 0.165 e. The lowest BCUT2D eigenvalue weighted by Crippen LogP contribution is -2.10. The van der Waals surface area contributed by atoms with Gasteiger partial charge in [-0.1, -0.05) is 27.7 Å². The van der Waals surface area contributed by atoms with E-state index in [1.54, 1.807) is 6.07 Å². The van der Waals surface area contributed by atoms with Crippen molar-refractivity contribution in [2.75, 3.05) is 0 Å². The summed E-state index contributed by atoms with van der Waals surface area (Å²) in [5, 5.41) is 9.80. The fourth-order valence-corrected chi connectivity index (χ4v) is 1.75. The van der Waals surface area contributed by atoms with Gasteiger partial charge in [-0.15, -0.1) is 0 Å². The van der Waals surface area contributed by atoms with E-state index in [9.17, 15) is 9.90 Å². The van der Waals surface area contributed by atoms with Crippen LogP contribution in [-0.4, -0.2) is 10.9 Å². The Morgan fingerprint density at radius 2 is 1.75 bits per heavy atom. The van der Waals surface area contributed by atoms with E-state index in [4.69, 9.17) is 0 Å². The van der Waals surface area contributed by atoms with Gasteiger partial charge in [0, 0.05) is 11.5 Å². The van der Waals surface area contributed by atoms with E-state index >= 15 is 0 Å². The van der Waals surface area contributed by atoms with Gasteiger partial charge in [-0.3, -0.25) is 4.79 Å². The van der Waals surface area contributed by atoms with Crippen molar-refractivity contribution >= 4 is 5.78 Å². The van der Waals surface area contributed by atoms with Gasteiger partial charge < -0.3 is 5.11 Å². The van der Waals surface area contributed by atoms with Crippen LogP contribution >= 0.6 is 0 Å². The molecule has 2 heteroatoms. The average Bonchev–Trinajstić information content (AvgIpc) is 2.16. The number of aryl methyl sites for hydroxylation is 1. The number of ketones is 1. The van der Waals surface area contributed by atoms with E-state index in [1.165, 1.54) is 0 Å². The van der Waals surface area contributed by atoms with Gasteiger partial charge in [0.1, 0.15) is 5.75 Å². The molecule has 0 unspecified atom stereocenters. The Bertz CT molecular complexity index is 403. The molecule has 0 heterocycles. The number of Topliss-reactive ketones (excluding diaryl/α,β-unsaturated/α-hetero) is 1. The number of carbonyl (C=O) groups is 1. The Kier molecular flexibility index (Phi) is 3.74. The third-order valence-corrected chi connectivity index (χ3v) is 2.79. The molecule has 16 heavy (non-hydrogen) atoms. The molecule has 0 fully saturated rings. The monoisotopic (exact) mass is 220 g/mol. The number of carbonyl (C=O) groups excluding carboxylic acids is 1. The first-order chi connectivity index (χ1) is 7.34. The smallest absolute Gasteiger partial charge is 0.165 e. The molecule has 0 spiro atoms. The van der Waals surface area contributed by atoms with Crippen LogP contribution in [0.25, 0.3) is 0 Å². The van der Waals surface area contributed by atoms with Crippen LogP contribution < -0.4 is 0 Å². The maximum absolute atomic E-state index is 12.0. The number of aromatic hydroxyl groups is 1. The van der Waals surface area contributed by atoms with Crippen LogP contribution in [0.4, 0.5) is 0 Å². The average molecular weight is 220 g/mol. The molecule has 1 aromatic rings. The van der Waals surface area contributed by atoms with Crippen molar-refractivity contribution in [3.63, 3.8) is 0 Å². The maximum atomic E-state index is 12.0. The van der Waals surface area contributed by atoms with Gasteiger partial charge in [0.15, 0.2) is 5.78 Å². The first kappa shape index (κ1) is 12.8. The van der Waals surface area contributed by atoms with Gasteiger partial charge in [0.05, 0.1) is 0 Å². The Hall–Kier alpha value is -1.31. The molecule has 0 aliphatic rings. The summed E-state index contributed by atoms with van der Waals surface area (Å²) in [5.74, 6) is 0.634. The van der Waals surface area contributed by atoms with Crippen LogP contribution in [0.3, 0.4) is 0 Å². The molecular formula is C14H20O2. The molecule has 0 aliphatic heterocycles. The molecular weight excluding hydrogens is 200 g/mol. The highest BCUT2D eigenvalue weighted by molar-refractivity contribution is 5.99. The second-order valence-corrected chi connectivity index (χ2v) is 4.90. The zero-order valence-corrected chi connectivity index (χ0v) is 10.7. The molecule has 0 saturated carbocycles. The van der Waals surface area contributed by atoms with E-state index in [0.717, 1.165) is 16.7 Å². The summed E-state index contributed by atoms with van der Waals surface area (Å²) in [6.45, 7) is 9.66. The summed E-state index contributed by atoms with van der Waals surface area (Å²) in [4.78, 5) is 12.0. The lowest BCUT2D eigenvalue weighted by Gasteiger charge is -2.14. The normalized spacial score (nSPS) is 11.2.